The Labute approximate surface area is 141 Å². The number of methoxy groups -OCH3 is 1. The lowest BCUT2D eigenvalue weighted by Gasteiger charge is -2.21. The molecule has 0 aliphatic carbocycles. The van der Waals surface area contributed by atoms with Crippen molar-refractivity contribution in [3.05, 3.63) is 62.7 Å². The van der Waals surface area contributed by atoms with Crippen molar-refractivity contribution in [2.75, 3.05) is 13.7 Å². The van der Waals surface area contributed by atoms with Gasteiger partial charge < -0.3 is 10.1 Å². The molecule has 0 amide bonds. The lowest BCUT2D eigenvalue weighted by Crippen LogP contribution is -2.23. The van der Waals surface area contributed by atoms with Crippen molar-refractivity contribution in [2.45, 2.75) is 26.3 Å². The van der Waals surface area contributed by atoms with Gasteiger partial charge in [0.05, 0.1) is 13.2 Å². The van der Waals surface area contributed by atoms with Gasteiger partial charge >= 0.3 is 0 Å². The van der Waals surface area contributed by atoms with E-state index < -0.39 is 0 Å². The fourth-order valence-electron chi connectivity index (χ4n) is 2.48. The predicted molar refractivity (Wildman–Crippen MR) is 97.0 cm³/mol. The van der Waals surface area contributed by atoms with Crippen LogP contribution in [0.5, 0.6) is 5.75 Å². The van der Waals surface area contributed by atoms with E-state index in [-0.39, 0.29) is 6.04 Å². The Morgan fingerprint density at radius 2 is 1.90 bits per heavy atom. The summed E-state index contributed by atoms with van der Waals surface area (Å²) >= 11 is 2.37. The summed E-state index contributed by atoms with van der Waals surface area (Å²) < 4.78 is 6.63. The molecule has 0 spiro atoms. The summed E-state index contributed by atoms with van der Waals surface area (Å²) in [4.78, 5) is 0. The molecule has 2 aromatic carbocycles. The van der Waals surface area contributed by atoms with E-state index in [0.29, 0.717) is 0 Å². The highest BCUT2D eigenvalue weighted by molar-refractivity contribution is 14.1. The van der Waals surface area contributed by atoms with Gasteiger partial charge in [-0.05, 0) is 77.4 Å². The zero-order valence-electron chi connectivity index (χ0n) is 12.8. The van der Waals surface area contributed by atoms with Crippen LogP contribution in [-0.4, -0.2) is 13.7 Å². The third kappa shape index (κ3) is 4.20. The van der Waals surface area contributed by atoms with E-state index in [4.69, 9.17) is 4.74 Å². The number of hydrogen-bond donors (Lipinski definition) is 1. The first-order valence-electron chi connectivity index (χ1n) is 7.29. The first-order chi connectivity index (χ1) is 10.2. The Hall–Kier alpha value is -1.07. The van der Waals surface area contributed by atoms with Crippen LogP contribution < -0.4 is 10.1 Å². The fourth-order valence-corrected chi connectivity index (χ4v) is 3.05. The predicted octanol–water partition coefficient (Wildman–Crippen LogP) is 4.70. The van der Waals surface area contributed by atoms with Gasteiger partial charge in [0.1, 0.15) is 5.75 Å². The summed E-state index contributed by atoms with van der Waals surface area (Å²) in [5.41, 5.74) is 3.76. The second kappa shape index (κ2) is 7.80. The first kappa shape index (κ1) is 16.3. The normalized spacial score (nSPS) is 12.2. The highest BCUT2D eigenvalue weighted by Gasteiger charge is 2.14. The highest BCUT2D eigenvalue weighted by atomic mass is 127. The molecule has 0 saturated carbocycles. The third-order valence-electron chi connectivity index (χ3n) is 3.53. The van der Waals surface area contributed by atoms with Crippen LogP contribution in [-0.2, 0) is 0 Å². The quantitative estimate of drug-likeness (QED) is 0.717. The Morgan fingerprint density at radius 3 is 2.52 bits per heavy atom. The van der Waals surface area contributed by atoms with Crippen LogP contribution in [0, 0.1) is 10.5 Å². The van der Waals surface area contributed by atoms with Gasteiger partial charge in [0.15, 0.2) is 0 Å². The van der Waals surface area contributed by atoms with E-state index >= 15 is 0 Å². The van der Waals surface area contributed by atoms with Crippen molar-refractivity contribution >= 4 is 22.6 Å². The molecule has 0 aliphatic heterocycles. The summed E-state index contributed by atoms with van der Waals surface area (Å²) in [6.45, 7) is 5.28. The van der Waals surface area contributed by atoms with Gasteiger partial charge in [0, 0.05) is 3.57 Å². The zero-order valence-corrected chi connectivity index (χ0v) is 15.0. The molecule has 112 valence electrons. The molecule has 21 heavy (non-hydrogen) atoms. The van der Waals surface area contributed by atoms with Crippen LogP contribution in [0.15, 0.2) is 42.5 Å². The topological polar surface area (TPSA) is 21.3 Å². The largest absolute Gasteiger partial charge is 0.496 e. The summed E-state index contributed by atoms with van der Waals surface area (Å²) in [6.07, 6.45) is 1.12. The minimum atomic E-state index is 0.226. The Bertz CT molecular complexity index is 598. The number of ether oxygens (including phenoxy) is 1. The van der Waals surface area contributed by atoms with Gasteiger partial charge in [0.2, 0.25) is 0 Å². The number of aryl methyl sites for hydroxylation is 1. The Balaban J connectivity index is 2.37. The third-order valence-corrected chi connectivity index (χ3v) is 4.20. The van der Waals surface area contributed by atoms with E-state index in [1.807, 2.05) is 0 Å². The van der Waals surface area contributed by atoms with E-state index in [2.05, 4.69) is 84.2 Å². The van der Waals surface area contributed by atoms with Gasteiger partial charge in [0.25, 0.3) is 0 Å². The zero-order chi connectivity index (χ0) is 15.2. The maximum Gasteiger partial charge on any atom is 0.121 e. The van der Waals surface area contributed by atoms with Crippen molar-refractivity contribution in [1.82, 2.24) is 5.32 Å². The average Bonchev–Trinajstić information content (AvgIpc) is 2.48. The first-order valence-corrected chi connectivity index (χ1v) is 8.37. The molecular weight excluding hydrogens is 373 g/mol. The number of halogens is 1. The Morgan fingerprint density at radius 1 is 1.14 bits per heavy atom. The molecule has 0 aliphatic rings. The van der Waals surface area contributed by atoms with Crippen molar-refractivity contribution in [3.63, 3.8) is 0 Å². The van der Waals surface area contributed by atoms with Gasteiger partial charge in [-0.1, -0.05) is 31.2 Å². The van der Waals surface area contributed by atoms with Crippen LogP contribution >= 0.6 is 22.6 Å². The molecule has 2 aromatic rings. The van der Waals surface area contributed by atoms with Crippen LogP contribution in [0.2, 0.25) is 0 Å². The van der Waals surface area contributed by atoms with E-state index in [1.54, 1.807) is 7.11 Å². The monoisotopic (exact) mass is 395 g/mol. The van der Waals surface area contributed by atoms with Crippen molar-refractivity contribution in [2.24, 2.45) is 0 Å². The SMILES string of the molecule is CCCNC(c1cccc(I)c1)c1ccc(OC)c(C)c1. The molecule has 0 fully saturated rings. The summed E-state index contributed by atoms with van der Waals surface area (Å²) in [7, 11) is 1.72. The van der Waals surface area contributed by atoms with Gasteiger partial charge in [-0.2, -0.15) is 0 Å². The maximum absolute atomic E-state index is 5.36. The molecule has 0 aromatic heterocycles. The standard InChI is InChI=1S/C18H22INO/c1-4-10-20-18(14-6-5-7-16(19)12-14)15-8-9-17(21-3)13(2)11-15/h5-9,11-12,18,20H,4,10H2,1-3H3. The summed E-state index contributed by atoms with van der Waals surface area (Å²) in [5.74, 6) is 0.940. The second-order valence-electron chi connectivity index (χ2n) is 5.17. The van der Waals surface area contributed by atoms with E-state index in [1.165, 1.54) is 20.3 Å². The van der Waals surface area contributed by atoms with Crippen LogP contribution in [0.25, 0.3) is 0 Å². The van der Waals surface area contributed by atoms with Crippen molar-refractivity contribution < 1.29 is 4.74 Å². The van der Waals surface area contributed by atoms with Crippen LogP contribution in [0.4, 0.5) is 0 Å². The molecule has 0 radical (unpaired) electrons. The molecule has 0 bridgehead atoms. The average molecular weight is 395 g/mol. The number of hydrogen-bond acceptors (Lipinski definition) is 2. The number of nitrogens with one attached hydrogen (secondary N) is 1. The molecule has 1 N–H and O–H groups in total. The van der Waals surface area contributed by atoms with Crippen molar-refractivity contribution in [3.8, 4) is 5.75 Å². The molecule has 3 heteroatoms. The molecule has 2 nitrogen and oxygen atoms in total. The Kier molecular flexibility index (Phi) is 6.06. The lowest BCUT2D eigenvalue weighted by atomic mass is 9.97. The van der Waals surface area contributed by atoms with Gasteiger partial charge in [-0.25, -0.2) is 0 Å². The second-order valence-corrected chi connectivity index (χ2v) is 6.42. The van der Waals surface area contributed by atoms with Crippen LogP contribution in [0.3, 0.4) is 0 Å². The minimum absolute atomic E-state index is 0.226. The van der Waals surface area contributed by atoms with E-state index in [9.17, 15) is 0 Å². The van der Waals surface area contributed by atoms with Crippen molar-refractivity contribution in [1.29, 1.82) is 0 Å². The summed E-state index contributed by atoms with van der Waals surface area (Å²) in [5, 5.41) is 3.65. The van der Waals surface area contributed by atoms with Gasteiger partial charge in [-0.15, -0.1) is 0 Å². The highest BCUT2D eigenvalue weighted by Crippen LogP contribution is 2.27. The molecule has 2 rings (SSSR count). The maximum atomic E-state index is 5.36. The summed E-state index contributed by atoms with van der Waals surface area (Å²) in [6, 6.07) is 15.3. The number of benzene rings is 2. The molecule has 0 saturated heterocycles. The van der Waals surface area contributed by atoms with Crippen LogP contribution in [0.1, 0.15) is 36.1 Å². The minimum Gasteiger partial charge on any atom is -0.496 e. The lowest BCUT2D eigenvalue weighted by molar-refractivity contribution is 0.411. The number of rotatable bonds is 6. The van der Waals surface area contributed by atoms with E-state index in [0.717, 1.165) is 18.7 Å². The molecular formula is C18H22INO. The van der Waals surface area contributed by atoms with Gasteiger partial charge in [-0.3, -0.25) is 0 Å². The molecule has 0 heterocycles. The molecule has 1 unspecified atom stereocenters. The molecule has 1 atom stereocenters. The smallest absolute Gasteiger partial charge is 0.121 e. The fraction of sp³-hybridized carbons (Fsp3) is 0.333.